The molecule has 2 aromatic rings. The predicted molar refractivity (Wildman–Crippen MR) is 77.5 cm³/mol. The third kappa shape index (κ3) is 3.64. The molecular weight excluding hydrogens is 290 g/mol. The first kappa shape index (κ1) is 15.6. The van der Waals surface area contributed by atoms with Crippen LogP contribution >= 0.6 is 0 Å². The van der Waals surface area contributed by atoms with Gasteiger partial charge in [0, 0.05) is 26.0 Å². The zero-order valence-electron chi connectivity index (χ0n) is 12.1. The number of aromatic nitrogens is 3. The Morgan fingerprint density at radius 3 is 2.59 bits per heavy atom. The minimum Gasteiger partial charge on any atom is -0.476 e. The summed E-state index contributed by atoms with van der Waals surface area (Å²) in [6, 6.07) is 3.60. The summed E-state index contributed by atoms with van der Waals surface area (Å²) in [5, 5.41) is 14.2. The van der Waals surface area contributed by atoms with E-state index in [1.807, 2.05) is 0 Å². The van der Waals surface area contributed by atoms with Crippen molar-refractivity contribution in [1.82, 2.24) is 15.0 Å². The lowest BCUT2D eigenvalue weighted by Gasteiger charge is -2.10. The van der Waals surface area contributed by atoms with Gasteiger partial charge in [-0.15, -0.1) is 0 Å². The van der Waals surface area contributed by atoms with Crippen LogP contribution in [0.3, 0.4) is 0 Å². The zero-order chi connectivity index (χ0) is 15.9. The van der Waals surface area contributed by atoms with E-state index in [1.165, 1.54) is 14.2 Å². The molecule has 0 aliphatic heterocycles. The van der Waals surface area contributed by atoms with Crippen LogP contribution in [0.25, 0.3) is 0 Å². The Labute approximate surface area is 126 Å². The van der Waals surface area contributed by atoms with Gasteiger partial charge in [-0.1, -0.05) is 0 Å². The minimum absolute atomic E-state index is 0.0840. The monoisotopic (exact) mass is 305 g/mol. The normalized spacial score (nSPS) is 10.3. The number of rotatable bonds is 7. The molecule has 9 nitrogen and oxygen atoms in total. The van der Waals surface area contributed by atoms with Gasteiger partial charge < -0.3 is 14.8 Å². The van der Waals surface area contributed by atoms with Crippen molar-refractivity contribution in [3.63, 3.8) is 0 Å². The summed E-state index contributed by atoms with van der Waals surface area (Å²) < 4.78 is 9.95. The summed E-state index contributed by atoms with van der Waals surface area (Å²) in [6.07, 6.45) is 3.28. The van der Waals surface area contributed by atoms with Crippen LogP contribution in [0.4, 0.5) is 11.5 Å². The van der Waals surface area contributed by atoms with E-state index >= 15 is 0 Å². The standard InChI is InChI=1S/C13H15N5O4/c1-21-8-10-16-12(11(18(19)20)13(17-10)22-2)15-7-9-3-5-14-6-4-9/h3-6H,7-8H2,1-2H3,(H,15,16,17). The molecule has 2 aromatic heterocycles. The van der Waals surface area contributed by atoms with Crippen LogP contribution < -0.4 is 10.1 Å². The Kier molecular flexibility index (Phi) is 5.15. The third-order valence-electron chi connectivity index (χ3n) is 2.76. The molecule has 0 spiro atoms. The van der Waals surface area contributed by atoms with Gasteiger partial charge in [-0.25, -0.2) is 4.98 Å². The number of hydrogen-bond donors (Lipinski definition) is 1. The molecule has 0 radical (unpaired) electrons. The van der Waals surface area contributed by atoms with Crippen molar-refractivity contribution in [1.29, 1.82) is 0 Å². The largest absolute Gasteiger partial charge is 0.476 e. The van der Waals surface area contributed by atoms with E-state index < -0.39 is 4.92 Å². The Balaban J connectivity index is 2.33. The number of nitrogens with one attached hydrogen (secondary N) is 1. The first-order valence-electron chi connectivity index (χ1n) is 6.36. The number of ether oxygens (including phenoxy) is 2. The first-order chi connectivity index (χ1) is 10.7. The molecule has 0 unspecified atom stereocenters. The molecule has 22 heavy (non-hydrogen) atoms. The number of methoxy groups -OCH3 is 2. The Hall–Kier alpha value is -2.81. The summed E-state index contributed by atoms with van der Waals surface area (Å²) in [4.78, 5) is 22.7. The van der Waals surface area contributed by atoms with E-state index in [-0.39, 0.29) is 24.0 Å². The third-order valence-corrected chi connectivity index (χ3v) is 2.76. The van der Waals surface area contributed by atoms with E-state index in [4.69, 9.17) is 9.47 Å². The lowest BCUT2D eigenvalue weighted by molar-refractivity contribution is -0.385. The zero-order valence-corrected chi connectivity index (χ0v) is 12.1. The number of anilines is 1. The lowest BCUT2D eigenvalue weighted by atomic mass is 10.2. The van der Waals surface area contributed by atoms with Crippen molar-refractivity contribution in [2.24, 2.45) is 0 Å². The summed E-state index contributed by atoms with van der Waals surface area (Å²) >= 11 is 0. The van der Waals surface area contributed by atoms with Gasteiger partial charge in [-0.2, -0.15) is 4.98 Å². The summed E-state index contributed by atoms with van der Waals surface area (Å²) in [7, 11) is 2.81. The van der Waals surface area contributed by atoms with E-state index in [0.717, 1.165) is 5.56 Å². The Bertz CT molecular complexity index is 650. The van der Waals surface area contributed by atoms with E-state index in [2.05, 4.69) is 20.3 Å². The predicted octanol–water partition coefficient (Wildman–Crippen LogP) is 1.55. The maximum atomic E-state index is 11.2. The molecule has 116 valence electrons. The first-order valence-corrected chi connectivity index (χ1v) is 6.36. The van der Waals surface area contributed by atoms with Crippen LogP contribution in [0, 0.1) is 10.1 Å². The minimum atomic E-state index is -0.579. The van der Waals surface area contributed by atoms with Gasteiger partial charge in [0.2, 0.25) is 5.82 Å². The number of nitro groups is 1. The van der Waals surface area contributed by atoms with Crippen molar-refractivity contribution in [3.05, 3.63) is 46.0 Å². The van der Waals surface area contributed by atoms with Crippen LogP contribution in [0.5, 0.6) is 5.88 Å². The maximum absolute atomic E-state index is 11.2. The highest BCUT2D eigenvalue weighted by atomic mass is 16.6. The van der Waals surface area contributed by atoms with E-state index in [9.17, 15) is 10.1 Å². The molecule has 0 atom stereocenters. The Morgan fingerprint density at radius 2 is 2.00 bits per heavy atom. The fourth-order valence-electron chi connectivity index (χ4n) is 1.79. The average molecular weight is 305 g/mol. The number of pyridine rings is 1. The second-order valence-corrected chi connectivity index (χ2v) is 4.25. The molecule has 0 saturated heterocycles. The van der Waals surface area contributed by atoms with Crippen LogP contribution in [-0.2, 0) is 17.9 Å². The molecule has 0 amide bonds. The van der Waals surface area contributed by atoms with Crippen molar-refractivity contribution in [2.75, 3.05) is 19.5 Å². The molecule has 9 heteroatoms. The van der Waals surface area contributed by atoms with Gasteiger partial charge in [-0.3, -0.25) is 15.1 Å². The van der Waals surface area contributed by atoms with E-state index in [1.54, 1.807) is 24.5 Å². The Morgan fingerprint density at radius 1 is 1.27 bits per heavy atom. The maximum Gasteiger partial charge on any atom is 0.372 e. The lowest BCUT2D eigenvalue weighted by Crippen LogP contribution is -2.10. The van der Waals surface area contributed by atoms with Gasteiger partial charge in [0.15, 0.2) is 5.82 Å². The SMILES string of the molecule is COCc1nc(NCc2ccncc2)c([N+](=O)[O-])c(OC)n1. The number of hydrogen-bond acceptors (Lipinski definition) is 8. The molecule has 0 fully saturated rings. The molecule has 0 aliphatic carbocycles. The van der Waals surface area contributed by atoms with Crippen LogP contribution in [0.1, 0.15) is 11.4 Å². The molecule has 0 aliphatic rings. The van der Waals surface area contributed by atoms with Gasteiger partial charge in [0.05, 0.1) is 12.0 Å². The van der Waals surface area contributed by atoms with Crippen LogP contribution in [0.2, 0.25) is 0 Å². The second kappa shape index (κ2) is 7.27. The van der Waals surface area contributed by atoms with Crippen molar-refractivity contribution in [3.8, 4) is 5.88 Å². The summed E-state index contributed by atoms with van der Waals surface area (Å²) in [6.45, 7) is 0.480. The van der Waals surface area contributed by atoms with Crippen LogP contribution in [-0.4, -0.2) is 34.1 Å². The topological polar surface area (TPSA) is 112 Å². The molecule has 2 heterocycles. The van der Waals surface area contributed by atoms with Gasteiger partial charge in [0.1, 0.15) is 6.61 Å². The van der Waals surface area contributed by atoms with E-state index in [0.29, 0.717) is 12.4 Å². The van der Waals surface area contributed by atoms with Gasteiger partial charge in [0.25, 0.3) is 5.88 Å². The van der Waals surface area contributed by atoms with Gasteiger partial charge in [-0.05, 0) is 17.7 Å². The molecule has 0 saturated carbocycles. The second-order valence-electron chi connectivity index (χ2n) is 4.25. The molecule has 0 aromatic carbocycles. The summed E-state index contributed by atoms with van der Waals surface area (Å²) in [5.41, 5.74) is 0.603. The fraction of sp³-hybridized carbons (Fsp3) is 0.308. The highest BCUT2D eigenvalue weighted by molar-refractivity contribution is 5.61. The molecule has 1 N–H and O–H groups in total. The quantitative estimate of drug-likeness (QED) is 0.605. The average Bonchev–Trinajstić information content (AvgIpc) is 2.53. The smallest absolute Gasteiger partial charge is 0.372 e. The molecular formula is C13H15N5O4. The van der Waals surface area contributed by atoms with Crippen LogP contribution in [0.15, 0.2) is 24.5 Å². The fourth-order valence-corrected chi connectivity index (χ4v) is 1.79. The van der Waals surface area contributed by atoms with Crippen molar-refractivity contribution >= 4 is 11.5 Å². The van der Waals surface area contributed by atoms with Crippen molar-refractivity contribution in [2.45, 2.75) is 13.2 Å². The highest BCUT2D eigenvalue weighted by Crippen LogP contribution is 2.31. The summed E-state index contributed by atoms with van der Waals surface area (Å²) in [5.74, 6) is 0.271. The molecule has 2 rings (SSSR count). The van der Waals surface area contributed by atoms with Gasteiger partial charge >= 0.3 is 5.69 Å². The van der Waals surface area contributed by atoms with Crippen molar-refractivity contribution < 1.29 is 14.4 Å². The molecule has 0 bridgehead atoms. The number of nitrogens with zero attached hydrogens (tertiary/aromatic N) is 4. The highest BCUT2D eigenvalue weighted by Gasteiger charge is 2.25.